The van der Waals surface area contributed by atoms with Crippen LogP contribution in [0.25, 0.3) is 22.6 Å². The molecule has 0 radical (unpaired) electrons. The smallest absolute Gasteiger partial charge is 0.305 e. The van der Waals surface area contributed by atoms with Gasteiger partial charge in [-0.3, -0.25) is 0 Å². The summed E-state index contributed by atoms with van der Waals surface area (Å²) in [5, 5.41) is 0. The molecule has 3 aromatic rings. The van der Waals surface area contributed by atoms with Crippen molar-refractivity contribution in [1.29, 1.82) is 0 Å². The van der Waals surface area contributed by atoms with Gasteiger partial charge in [0.05, 0.1) is 6.61 Å². The first-order chi connectivity index (χ1) is 8.76. The highest BCUT2D eigenvalue weighted by atomic mass is 16.6. The Morgan fingerprint density at radius 2 is 2.17 bits per heavy atom. The highest BCUT2D eigenvalue weighted by Gasteiger charge is 2.10. The van der Waals surface area contributed by atoms with E-state index in [0.717, 1.165) is 16.7 Å². The molecule has 2 aromatic heterocycles. The van der Waals surface area contributed by atoms with Crippen molar-refractivity contribution in [2.45, 2.75) is 13.8 Å². The first kappa shape index (κ1) is 10.8. The van der Waals surface area contributed by atoms with Gasteiger partial charge in [0.1, 0.15) is 11.7 Å². The van der Waals surface area contributed by atoms with Crippen LogP contribution in [0.15, 0.2) is 33.2 Å². The maximum absolute atomic E-state index is 5.47. The van der Waals surface area contributed by atoms with Gasteiger partial charge in [0.2, 0.25) is 5.89 Å². The minimum Gasteiger partial charge on any atom is -0.464 e. The lowest BCUT2D eigenvalue weighted by molar-refractivity contribution is 0.260. The lowest BCUT2D eigenvalue weighted by atomic mass is 10.2. The van der Waals surface area contributed by atoms with Crippen LogP contribution in [0.4, 0.5) is 0 Å². The fourth-order valence-electron chi connectivity index (χ4n) is 1.77. The van der Waals surface area contributed by atoms with E-state index in [2.05, 4.69) is 9.97 Å². The second-order valence-electron chi connectivity index (χ2n) is 3.83. The number of hydrogen-bond acceptors (Lipinski definition) is 5. The molecule has 0 aliphatic carbocycles. The van der Waals surface area contributed by atoms with Crippen LogP contribution in [0.1, 0.15) is 12.8 Å². The summed E-state index contributed by atoms with van der Waals surface area (Å²) in [4.78, 5) is 8.41. The van der Waals surface area contributed by atoms with E-state index >= 15 is 0 Å². The standard InChI is InChI=1S/C13H12N2O3/c1-3-16-12-7-14-13(18-12)9-4-5-10-11(6-9)17-8(2)15-10/h4-7H,3H2,1-2H3. The molecule has 3 rings (SSSR count). The molecule has 0 saturated carbocycles. The van der Waals surface area contributed by atoms with Crippen molar-refractivity contribution in [2.75, 3.05) is 6.61 Å². The Bertz CT molecular complexity index is 684. The third-order valence-corrected chi connectivity index (χ3v) is 2.51. The third kappa shape index (κ3) is 1.84. The molecule has 2 heterocycles. The fraction of sp³-hybridized carbons (Fsp3) is 0.231. The van der Waals surface area contributed by atoms with Gasteiger partial charge in [0.25, 0.3) is 0 Å². The van der Waals surface area contributed by atoms with Crippen molar-refractivity contribution in [2.24, 2.45) is 0 Å². The van der Waals surface area contributed by atoms with E-state index in [0.29, 0.717) is 24.3 Å². The van der Waals surface area contributed by atoms with E-state index in [1.54, 1.807) is 6.20 Å². The van der Waals surface area contributed by atoms with E-state index in [9.17, 15) is 0 Å². The summed E-state index contributed by atoms with van der Waals surface area (Å²) < 4.78 is 16.2. The summed E-state index contributed by atoms with van der Waals surface area (Å²) in [6.45, 7) is 4.26. The predicted molar refractivity (Wildman–Crippen MR) is 65.4 cm³/mol. The summed E-state index contributed by atoms with van der Waals surface area (Å²) >= 11 is 0. The zero-order chi connectivity index (χ0) is 12.5. The lowest BCUT2D eigenvalue weighted by Crippen LogP contribution is -1.87. The van der Waals surface area contributed by atoms with Gasteiger partial charge < -0.3 is 13.6 Å². The summed E-state index contributed by atoms with van der Waals surface area (Å²) in [7, 11) is 0. The molecule has 0 amide bonds. The molecule has 5 nitrogen and oxygen atoms in total. The molecule has 0 spiro atoms. The minimum absolute atomic E-state index is 0.418. The van der Waals surface area contributed by atoms with Gasteiger partial charge in [-0.05, 0) is 25.1 Å². The SMILES string of the molecule is CCOc1cnc(-c2ccc3nc(C)oc3c2)o1. The molecule has 18 heavy (non-hydrogen) atoms. The van der Waals surface area contributed by atoms with Crippen LogP contribution in [0.5, 0.6) is 5.95 Å². The van der Waals surface area contributed by atoms with E-state index < -0.39 is 0 Å². The quantitative estimate of drug-likeness (QED) is 0.708. The number of benzene rings is 1. The number of fused-ring (bicyclic) bond motifs is 1. The van der Waals surface area contributed by atoms with Gasteiger partial charge in [-0.25, -0.2) is 9.97 Å². The van der Waals surface area contributed by atoms with Crippen molar-refractivity contribution in [3.8, 4) is 17.4 Å². The second kappa shape index (κ2) is 4.18. The number of oxazole rings is 2. The van der Waals surface area contributed by atoms with Gasteiger partial charge in [0.15, 0.2) is 11.5 Å². The number of aromatic nitrogens is 2. The fourth-order valence-corrected chi connectivity index (χ4v) is 1.77. The maximum Gasteiger partial charge on any atom is 0.305 e. The van der Waals surface area contributed by atoms with Crippen molar-refractivity contribution in [1.82, 2.24) is 9.97 Å². The number of hydrogen-bond donors (Lipinski definition) is 0. The Morgan fingerprint density at radius 1 is 1.28 bits per heavy atom. The molecule has 92 valence electrons. The second-order valence-corrected chi connectivity index (χ2v) is 3.83. The van der Waals surface area contributed by atoms with Crippen LogP contribution in [0.2, 0.25) is 0 Å². The largest absolute Gasteiger partial charge is 0.464 e. The van der Waals surface area contributed by atoms with E-state index in [1.807, 2.05) is 32.0 Å². The molecule has 0 fully saturated rings. The van der Waals surface area contributed by atoms with E-state index in [-0.39, 0.29) is 0 Å². The van der Waals surface area contributed by atoms with Crippen molar-refractivity contribution < 1.29 is 13.6 Å². The summed E-state index contributed by atoms with van der Waals surface area (Å²) in [5.41, 5.74) is 2.39. The Morgan fingerprint density at radius 3 is 3.00 bits per heavy atom. The molecule has 0 aliphatic heterocycles. The third-order valence-electron chi connectivity index (χ3n) is 2.51. The molecular formula is C13H12N2O3. The molecule has 0 bridgehead atoms. The van der Waals surface area contributed by atoms with Gasteiger partial charge >= 0.3 is 5.95 Å². The minimum atomic E-state index is 0.418. The van der Waals surface area contributed by atoms with Gasteiger partial charge in [0, 0.05) is 12.5 Å². The maximum atomic E-state index is 5.47. The lowest BCUT2D eigenvalue weighted by Gasteiger charge is -1.96. The summed E-state index contributed by atoms with van der Waals surface area (Å²) in [6, 6.07) is 5.63. The summed E-state index contributed by atoms with van der Waals surface area (Å²) in [5.74, 6) is 1.57. The number of ether oxygens (including phenoxy) is 1. The average molecular weight is 244 g/mol. The summed E-state index contributed by atoms with van der Waals surface area (Å²) in [6.07, 6.45) is 1.56. The molecule has 0 aliphatic rings. The molecular weight excluding hydrogens is 232 g/mol. The number of aryl methyl sites for hydroxylation is 1. The van der Waals surface area contributed by atoms with E-state index in [1.165, 1.54) is 0 Å². The van der Waals surface area contributed by atoms with Crippen LogP contribution in [-0.4, -0.2) is 16.6 Å². The normalized spacial score (nSPS) is 11.0. The van der Waals surface area contributed by atoms with Crippen molar-refractivity contribution in [3.63, 3.8) is 0 Å². The highest BCUT2D eigenvalue weighted by molar-refractivity contribution is 5.78. The Hall–Kier alpha value is -2.30. The molecule has 5 heteroatoms. The number of rotatable bonds is 3. The topological polar surface area (TPSA) is 61.3 Å². The zero-order valence-electron chi connectivity index (χ0n) is 10.1. The Labute approximate surface area is 103 Å². The zero-order valence-corrected chi connectivity index (χ0v) is 10.1. The van der Waals surface area contributed by atoms with Gasteiger partial charge in [-0.15, -0.1) is 0 Å². The first-order valence-electron chi connectivity index (χ1n) is 5.72. The average Bonchev–Trinajstić information content (AvgIpc) is 2.93. The molecule has 0 N–H and O–H groups in total. The van der Waals surface area contributed by atoms with Crippen LogP contribution >= 0.6 is 0 Å². The van der Waals surface area contributed by atoms with Crippen molar-refractivity contribution >= 4 is 11.1 Å². The van der Waals surface area contributed by atoms with Crippen molar-refractivity contribution in [3.05, 3.63) is 30.3 Å². The Balaban J connectivity index is 2.01. The van der Waals surface area contributed by atoms with Crippen LogP contribution in [-0.2, 0) is 0 Å². The van der Waals surface area contributed by atoms with Gasteiger partial charge in [-0.1, -0.05) is 0 Å². The highest BCUT2D eigenvalue weighted by Crippen LogP contribution is 2.26. The predicted octanol–water partition coefficient (Wildman–Crippen LogP) is 3.19. The van der Waals surface area contributed by atoms with Crippen LogP contribution in [0, 0.1) is 6.92 Å². The van der Waals surface area contributed by atoms with Gasteiger partial charge in [-0.2, -0.15) is 0 Å². The van der Waals surface area contributed by atoms with E-state index in [4.69, 9.17) is 13.6 Å². The van der Waals surface area contributed by atoms with Crippen LogP contribution < -0.4 is 4.74 Å². The first-order valence-corrected chi connectivity index (χ1v) is 5.72. The molecule has 0 saturated heterocycles. The molecule has 0 atom stereocenters. The molecule has 0 unspecified atom stereocenters. The molecule has 1 aromatic carbocycles. The monoisotopic (exact) mass is 244 g/mol. The number of nitrogens with zero attached hydrogens (tertiary/aromatic N) is 2. The Kier molecular flexibility index (Phi) is 2.51. The van der Waals surface area contributed by atoms with Crippen LogP contribution in [0.3, 0.4) is 0 Å².